The van der Waals surface area contributed by atoms with Gasteiger partial charge in [0.15, 0.2) is 0 Å². The number of hydrogen-bond acceptors (Lipinski definition) is 3. The summed E-state index contributed by atoms with van der Waals surface area (Å²) in [6.07, 6.45) is 4.08. The number of nitrogens with zero attached hydrogens (tertiary/aromatic N) is 2. The summed E-state index contributed by atoms with van der Waals surface area (Å²) in [7, 11) is 0. The van der Waals surface area contributed by atoms with Crippen LogP contribution in [0.1, 0.15) is 39.3 Å². The molecule has 0 amide bonds. The molecule has 2 rings (SSSR count). The Hall–Kier alpha value is -1.09. The Morgan fingerprint density at radius 2 is 1.94 bits per heavy atom. The standard InChI is InChI=1S/C15H24N2O/c1-15(2,3)12-6-8-17(9-7-12)11-13-4-5-14(18)10-16-13/h4-5,10,12,18H,6-9,11H2,1-3H3. The van der Waals surface area contributed by atoms with Gasteiger partial charge in [0.05, 0.1) is 11.9 Å². The molecule has 0 aliphatic carbocycles. The first kappa shape index (κ1) is 13.3. The van der Waals surface area contributed by atoms with Crippen molar-refractivity contribution in [2.75, 3.05) is 13.1 Å². The average Bonchev–Trinajstić information content (AvgIpc) is 2.32. The predicted molar refractivity (Wildman–Crippen MR) is 73.4 cm³/mol. The van der Waals surface area contributed by atoms with Crippen LogP contribution < -0.4 is 0 Å². The molecule has 3 nitrogen and oxygen atoms in total. The normalized spacial score (nSPS) is 19.1. The minimum Gasteiger partial charge on any atom is -0.506 e. The molecule has 0 saturated carbocycles. The predicted octanol–water partition coefficient (Wildman–Crippen LogP) is 3.05. The average molecular weight is 248 g/mol. The van der Waals surface area contributed by atoms with Gasteiger partial charge < -0.3 is 5.11 Å². The Bertz CT molecular complexity index is 372. The molecular weight excluding hydrogens is 224 g/mol. The highest BCUT2D eigenvalue weighted by Crippen LogP contribution is 2.34. The molecular formula is C15H24N2O. The van der Waals surface area contributed by atoms with Crippen LogP contribution in [-0.4, -0.2) is 28.1 Å². The maximum absolute atomic E-state index is 9.21. The fraction of sp³-hybridized carbons (Fsp3) is 0.667. The number of aromatic nitrogens is 1. The number of aromatic hydroxyl groups is 1. The zero-order valence-corrected chi connectivity index (χ0v) is 11.7. The van der Waals surface area contributed by atoms with E-state index in [0.717, 1.165) is 31.2 Å². The van der Waals surface area contributed by atoms with Gasteiger partial charge in [-0.15, -0.1) is 0 Å². The molecule has 1 fully saturated rings. The van der Waals surface area contributed by atoms with Gasteiger partial charge in [-0.3, -0.25) is 9.88 Å². The Balaban J connectivity index is 1.85. The molecule has 100 valence electrons. The molecule has 0 bridgehead atoms. The molecule has 1 N–H and O–H groups in total. The summed E-state index contributed by atoms with van der Waals surface area (Å²) in [6, 6.07) is 3.62. The minimum atomic E-state index is 0.241. The largest absolute Gasteiger partial charge is 0.506 e. The van der Waals surface area contributed by atoms with Crippen molar-refractivity contribution in [2.24, 2.45) is 11.3 Å². The van der Waals surface area contributed by atoms with E-state index in [1.807, 2.05) is 6.07 Å². The summed E-state index contributed by atoms with van der Waals surface area (Å²) in [5.74, 6) is 1.08. The zero-order valence-electron chi connectivity index (χ0n) is 11.7. The Kier molecular flexibility index (Phi) is 3.91. The van der Waals surface area contributed by atoms with Crippen LogP contribution in [0.3, 0.4) is 0 Å². The topological polar surface area (TPSA) is 36.4 Å². The molecule has 1 aromatic rings. The molecule has 0 unspecified atom stereocenters. The molecule has 2 heterocycles. The van der Waals surface area contributed by atoms with Crippen LogP contribution in [0.2, 0.25) is 0 Å². The quantitative estimate of drug-likeness (QED) is 0.874. The van der Waals surface area contributed by atoms with Crippen molar-refractivity contribution in [3.8, 4) is 5.75 Å². The summed E-state index contributed by atoms with van der Waals surface area (Å²) in [6.45, 7) is 10.2. The highest BCUT2D eigenvalue weighted by atomic mass is 16.3. The molecule has 18 heavy (non-hydrogen) atoms. The molecule has 1 saturated heterocycles. The lowest BCUT2D eigenvalue weighted by Gasteiger charge is -2.38. The maximum atomic E-state index is 9.21. The monoisotopic (exact) mass is 248 g/mol. The van der Waals surface area contributed by atoms with Gasteiger partial charge in [-0.05, 0) is 49.4 Å². The molecule has 0 spiro atoms. The smallest absolute Gasteiger partial charge is 0.133 e. The number of pyridine rings is 1. The number of likely N-dealkylation sites (tertiary alicyclic amines) is 1. The molecule has 0 atom stereocenters. The zero-order chi connectivity index (χ0) is 13.2. The first-order chi connectivity index (χ1) is 8.45. The second kappa shape index (κ2) is 5.27. The summed E-state index contributed by atoms with van der Waals surface area (Å²) < 4.78 is 0. The molecule has 1 aliphatic heterocycles. The van der Waals surface area contributed by atoms with E-state index < -0.39 is 0 Å². The molecule has 1 aliphatic rings. The van der Waals surface area contributed by atoms with Crippen LogP contribution >= 0.6 is 0 Å². The number of piperidine rings is 1. The lowest BCUT2D eigenvalue weighted by molar-refractivity contribution is 0.107. The SMILES string of the molecule is CC(C)(C)C1CCN(Cc2ccc(O)cn2)CC1. The first-order valence-electron chi connectivity index (χ1n) is 6.81. The summed E-state index contributed by atoms with van der Waals surface area (Å²) in [5, 5.41) is 9.21. The van der Waals surface area contributed by atoms with Gasteiger partial charge in [0.25, 0.3) is 0 Å². The van der Waals surface area contributed by atoms with E-state index in [1.165, 1.54) is 19.0 Å². The molecule has 0 aromatic carbocycles. The van der Waals surface area contributed by atoms with Gasteiger partial charge in [0.2, 0.25) is 0 Å². The third-order valence-corrected chi connectivity index (χ3v) is 4.01. The van der Waals surface area contributed by atoms with Crippen molar-refractivity contribution in [1.82, 2.24) is 9.88 Å². The summed E-state index contributed by atoms with van der Waals surface area (Å²) >= 11 is 0. The van der Waals surface area contributed by atoms with Gasteiger partial charge in [0, 0.05) is 6.54 Å². The second-order valence-corrected chi connectivity index (χ2v) is 6.42. The highest BCUT2D eigenvalue weighted by molar-refractivity contribution is 5.17. The Morgan fingerprint density at radius 1 is 1.28 bits per heavy atom. The van der Waals surface area contributed by atoms with E-state index in [9.17, 15) is 5.11 Å². The fourth-order valence-corrected chi connectivity index (χ4v) is 2.70. The second-order valence-electron chi connectivity index (χ2n) is 6.42. The third-order valence-electron chi connectivity index (χ3n) is 4.01. The third kappa shape index (κ3) is 3.45. The Morgan fingerprint density at radius 3 is 2.44 bits per heavy atom. The van der Waals surface area contributed by atoms with Crippen LogP contribution in [-0.2, 0) is 6.54 Å². The first-order valence-corrected chi connectivity index (χ1v) is 6.81. The highest BCUT2D eigenvalue weighted by Gasteiger charge is 2.28. The van der Waals surface area contributed by atoms with Crippen molar-refractivity contribution >= 4 is 0 Å². The van der Waals surface area contributed by atoms with Crippen LogP contribution in [0.5, 0.6) is 5.75 Å². The van der Waals surface area contributed by atoms with Gasteiger partial charge in [-0.25, -0.2) is 0 Å². The van der Waals surface area contributed by atoms with Crippen molar-refractivity contribution in [3.05, 3.63) is 24.0 Å². The van der Waals surface area contributed by atoms with E-state index in [-0.39, 0.29) is 5.75 Å². The van der Waals surface area contributed by atoms with Crippen molar-refractivity contribution in [2.45, 2.75) is 40.2 Å². The Labute approximate surface area is 110 Å². The minimum absolute atomic E-state index is 0.241. The molecule has 1 aromatic heterocycles. The lowest BCUT2D eigenvalue weighted by atomic mass is 9.75. The molecule has 0 radical (unpaired) electrons. The van der Waals surface area contributed by atoms with Gasteiger partial charge in [0.1, 0.15) is 5.75 Å². The van der Waals surface area contributed by atoms with E-state index >= 15 is 0 Å². The van der Waals surface area contributed by atoms with E-state index in [4.69, 9.17) is 0 Å². The van der Waals surface area contributed by atoms with Gasteiger partial charge in [-0.1, -0.05) is 20.8 Å². The van der Waals surface area contributed by atoms with Crippen molar-refractivity contribution in [1.29, 1.82) is 0 Å². The summed E-state index contributed by atoms with van der Waals surface area (Å²) in [4.78, 5) is 6.71. The maximum Gasteiger partial charge on any atom is 0.133 e. The van der Waals surface area contributed by atoms with Crippen LogP contribution in [0.25, 0.3) is 0 Å². The number of hydrogen-bond donors (Lipinski definition) is 1. The van der Waals surface area contributed by atoms with Crippen LogP contribution in [0, 0.1) is 11.3 Å². The van der Waals surface area contributed by atoms with E-state index in [0.29, 0.717) is 5.41 Å². The summed E-state index contributed by atoms with van der Waals surface area (Å²) in [5.41, 5.74) is 1.48. The van der Waals surface area contributed by atoms with E-state index in [1.54, 1.807) is 6.07 Å². The van der Waals surface area contributed by atoms with Crippen molar-refractivity contribution in [3.63, 3.8) is 0 Å². The van der Waals surface area contributed by atoms with Gasteiger partial charge in [-0.2, -0.15) is 0 Å². The lowest BCUT2D eigenvalue weighted by Crippen LogP contribution is -2.37. The van der Waals surface area contributed by atoms with Crippen LogP contribution in [0.15, 0.2) is 18.3 Å². The fourth-order valence-electron chi connectivity index (χ4n) is 2.70. The van der Waals surface area contributed by atoms with Gasteiger partial charge >= 0.3 is 0 Å². The van der Waals surface area contributed by atoms with Crippen LogP contribution in [0.4, 0.5) is 0 Å². The van der Waals surface area contributed by atoms with Crippen molar-refractivity contribution < 1.29 is 5.11 Å². The van der Waals surface area contributed by atoms with E-state index in [2.05, 4.69) is 30.7 Å². The molecule has 3 heteroatoms. The number of rotatable bonds is 2.